The van der Waals surface area contributed by atoms with Gasteiger partial charge in [0.05, 0.1) is 6.04 Å². The second-order valence-electron chi connectivity index (χ2n) is 4.25. The van der Waals surface area contributed by atoms with Crippen molar-refractivity contribution in [3.05, 3.63) is 63.9 Å². The molecule has 1 heterocycles. The summed E-state index contributed by atoms with van der Waals surface area (Å²) in [5.74, 6) is -0.188. The third kappa shape index (κ3) is 2.07. The zero-order valence-corrected chi connectivity index (χ0v) is 10.7. The zero-order valence-electron chi connectivity index (χ0n) is 9.08. The topological polar surface area (TPSA) is 12.0 Å². The molecule has 0 amide bonds. The van der Waals surface area contributed by atoms with E-state index >= 15 is 0 Å². The van der Waals surface area contributed by atoms with Crippen LogP contribution in [0.15, 0.2) is 46.9 Å². The molecule has 3 heteroatoms. The summed E-state index contributed by atoms with van der Waals surface area (Å²) in [5, 5.41) is 3.45. The van der Waals surface area contributed by atoms with Gasteiger partial charge in [-0.05, 0) is 47.9 Å². The van der Waals surface area contributed by atoms with Crippen LogP contribution in [0.25, 0.3) is 0 Å². The van der Waals surface area contributed by atoms with Crippen LogP contribution in [-0.4, -0.2) is 0 Å². The summed E-state index contributed by atoms with van der Waals surface area (Å²) in [5.41, 5.74) is 3.59. The normalized spacial score (nSPS) is 17.6. The van der Waals surface area contributed by atoms with E-state index in [9.17, 15) is 4.39 Å². The van der Waals surface area contributed by atoms with Crippen LogP contribution in [-0.2, 0) is 6.42 Å². The number of rotatable bonds is 1. The van der Waals surface area contributed by atoms with Gasteiger partial charge in [-0.15, -0.1) is 0 Å². The Hall–Kier alpha value is -1.35. The van der Waals surface area contributed by atoms with Gasteiger partial charge in [0.25, 0.3) is 0 Å². The molecule has 0 fully saturated rings. The summed E-state index contributed by atoms with van der Waals surface area (Å²) in [7, 11) is 0. The number of nitrogens with one attached hydrogen (secondary N) is 1. The van der Waals surface area contributed by atoms with Gasteiger partial charge in [0.2, 0.25) is 0 Å². The van der Waals surface area contributed by atoms with Gasteiger partial charge in [0, 0.05) is 10.2 Å². The predicted octanol–water partition coefficient (Wildman–Crippen LogP) is 4.30. The van der Waals surface area contributed by atoms with E-state index in [0.717, 1.165) is 16.5 Å². The van der Waals surface area contributed by atoms with Gasteiger partial charge in [-0.25, -0.2) is 4.39 Å². The Kier molecular flexibility index (Phi) is 2.63. The Morgan fingerprint density at radius 3 is 2.65 bits per heavy atom. The van der Waals surface area contributed by atoms with Crippen molar-refractivity contribution in [1.82, 2.24) is 0 Å². The van der Waals surface area contributed by atoms with E-state index in [1.54, 1.807) is 0 Å². The molecule has 1 nitrogen and oxygen atoms in total. The van der Waals surface area contributed by atoms with Crippen LogP contribution in [0.3, 0.4) is 0 Å². The molecule has 0 aliphatic carbocycles. The van der Waals surface area contributed by atoms with Crippen molar-refractivity contribution in [1.29, 1.82) is 0 Å². The largest absolute Gasteiger partial charge is 0.378 e. The lowest BCUT2D eigenvalue weighted by Crippen LogP contribution is -2.05. The van der Waals surface area contributed by atoms with Crippen molar-refractivity contribution in [3.8, 4) is 0 Å². The second kappa shape index (κ2) is 4.15. The van der Waals surface area contributed by atoms with Crippen molar-refractivity contribution in [2.75, 3.05) is 5.32 Å². The second-order valence-corrected chi connectivity index (χ2v) is 5.17. The van der Waals surface area contributed by atoms with Gasteiger partial charge in [0.1, 0.15) is 5.82 Å². The number of hydrogen-bond donors (Lipinski definition) is 1. The molecule has 0 aromatic heterocycles. The van der Waals surface area contributed by atoms with E-state index < -0.39 is 0 Å². The molecule has 1 aliphatic rings. The van der Waals surface area contributed by atoms with Crippen LogP contribution in [0, 0.1) is 5.82 Å². The van der Waals surface area contributed by atoms with Crippen molar-refractivity contribution < 1.29 is 4.39 Å². The maximum Gasteiger partial charge on any atom is 0.123 e. The van der Waals surface area contributed by atoms with Crippen molar-refractivity contribution >= 4 is 21.6 Å². The number of halogens is 2. The number of hydrogen-bond acceptors (Lipinski definition) is 1. The Balaban J connectivity index is 1.88. The summed E-state index contributed by atoms with van der Waals surface area (Å²) < 4.78 is 14.0. The van der Waals surface area contributed by atoms with Crippen molar-refractivity contribution in [3.63, 3.8) is 0 Å². The van der Waals surface area contributed by atoms with Crippen LogP contribution < -0.4 is 5.32 Å². The van der Waals surface area contributed by atoms with Gasteiger partial charge >= 0.3 is 0 Å². The maximum absolute atomic E-state index is 12.9. The maximum atomic E-state index is 12.9. The van der Waals surface area contributed by atoms with Crippen LogP contribution in [0.5, 0.6) is 0 Å². The van der Waals surface area contributed by atoms with Crippen molar-refractivity contribution in [2.45, 2.75) is 12.5 Å². The standard InChI is InChI=1S/C14H11BrFN/c15-11-3-6-13-10(7-11)8-14(17-13)9-1-4-12(16)5-2-9/h1-7,14,17H,8H2. The molecular formula is C14H11BrFN. The van der Waals surface area contributed by atoms with Crippen LogP contribution in [0.4, 0.5) is 10.1 Å². The molecule has 0 saturated heterocycles. The number of benzene rings is 2. The highest BCUT2D eigenvalue weighted by molar-refractivity contribution is 9.10. The summed E-state index contributed by atoms with van der Waals surface area (Å²) >= 11 is 3.47. The molecule has 0 radical (unpaired) electrons. The Bertz CT molecular complexity index is 551. The fraction of sp³-hybridized carbons (Fsp3) is 0.143. The fourth-order valence-electron chi connectivity index (χ4n) is 2.23. The number of anilines is 1. The third-order valence-electron chi connectivity index (χ3n) is 3.09. The monoisotopic (exact) mass is 291 g/mol. The minimum absolute atomic E-state index is 0.188. The first-order valence-corrected chi connectivity index (χ1v) is 6.32. The Labute approximate surface area is 108 Å². The van der Waals surface area contributed by atoms with Crippen molar-refractivity contribution in [2.24, 2.45) is 0 Å². The zero-order chi connectivity index (χ0) is 11.8. The van der Waals surface area contributed by atoms with Crippen LogP contribution in [0.2, 0.25) is 0 Å². The summed E-state index contributed by atoms with van der Waals surface area (Å²) in [6.45, 7) is 0. The number of fused-ring (bicyclic) bond motifs is 1. The fourth-order valence-corrected chi connectivity index (χ4v) is 2.64. The molecule has 1 unspecified atom stereocenters. The van der Waals surface area contributed by atoms with E-state index in [-0.39, 0.29) is 11.9 Å². The van der Waals surface area contributed by atoms with Gasteiger partial charge in [-0.1, -0.05) is 28.1 Å². The van der Waals surface area contributed by atoms with Gasteiger partial charge in [-0.3, -0.25) is 0 Å². The highest BCUT2D eigenvalue weighted by Gasteiger charge is 2.21. The third-order valence-corrected chi connectivity index (χ3v) is 3.59. The molecule has 0 saturated carbocycles. The van der Waals surface area contributed by atoms with E-state index in [2.05, 4.69) is 33.4 Å². The quantitative estimate of drug-likeness (QED) is 0.826. The molecule has 2 aromatic rings. The van der Waals surface area contributed by atoms with Gasteiger partial charge in [0.15, 0.2) is 0 Å². The van der Waals surface area contributed by atoms with E-state index in [0.29, 0.717) is 0 Å². The van der Waals surface area contributed by atoms with E-state index in [1.165, 1.54) is 23.4 Å². The first-order valence-electron chi connectivity index (χ1n) is 5.53. The van der Waals surface area contributed by atoms with Crippen LogP contribution in [0.1, 0.15) is 17.2 Å². The summed E-state index contributed by atoms with van der Waals surface area (Å²) in [6.07, 6.45) is 0.945. The average molecular weight is 292 g/mol. The Morgan fingerprint density at radius 1 is 1.12 bits per heavy atom. The van der Waals surface area contributed by atoms with Gasteiger partial charge in [-0.2, -0.15) is 0 Å². The van der Waals surface area contributed by atoms with Gasteiger partial charge < -0.3 is 5.32 Å². The lowest BCUT2D eigenvalue weighted by Gasteiger charge is -2.11. The molecular weight excluding hydrogens is 281 g/mol. The lowest BCUT2D eigenvalue weighted by atomic mass is 10.0. The molecule has 1 atom stereocenters. The molecule has 2 aromatic carbocycles. The highest BCUT2D eigenvalue weighted by atomic mass is 79.9. The van der Waals surface area contributed by atoms with Crippen LogP contribution >= 0.6 is 15.9 Å². The molecule has 1 N–H and O–H groups in total. The minimum atomic E-state index is -0.188. The SMILES string of the molecule is Fc1ccc(C2Cc3cc(Br)ccc3N2)cc1. The average Bonchev–Trinajstić information content (AvgIpc) is 2.72. The minimum Gasteiger partial charge on any atom is -0.378 e. The molecule has 86 valence electrons. The molecule has 17 heavy (non-hydrogen) atoms. The lowest BCUT2D eigenvalue weighted by molar-refractivity contribution is 0.626. The molecule has 0 bridgehead atoms. The predicted molar refractivity (Wildman–Crippen MR) is 70.6 cm³/mol. The molecule has 0 spiro atoms. The molecule has 3 rings (SSSR count). The Morgan fingerprint density at radius 2 is 1.88 bits per heavy atom. The molecule has 1 aliphatic heterocycles. The van der Waals surface area contributed by atoms with E-state index in [4.69, 9.17) is 0 Å². The smallest absolute Gasteiger partial charge is 0.123 e. The summed E-state index contributed by atoms with van der Waals surface area (Å²) in [6, 6.07) is 13.2. The highest BCUT2D eigenvalue weighted by Crippen LogP contribution is 2.35. The van der Waals surface area contributed by atoms with E-state index in [1.807, 2.05) is 18.2 Å². The first kappa shape index (κ1) is 10.8. The summed E-state index contributed by atoms with van der Waals surface area (Å²) in [4.78, 5) is 0. The first-order chi connectivity index (χ1) is 8.22.